The molecule has 1 aliphatic rings. The molecule has 0 spiro atoms. The molecular formula is C13H25N3O2. The van der Waals surface area contributed by atoms with Crippen molar-refractivity contribution in [2.24, 2.45) is 11.1 Å². The molecule has 0 atom stereocenters. The Morgan fingerprint density at radius 3 is 2.39 bits per heavy atom. The molecule has 0 bridgehead atoms. The maximum absolute atomic E-state index is 12.5. The molecule has 0 aromatic rings. The fraction of sp³-hybridized carbons (Fsp3) is 0.846. The fourth-order valence-corrected chi connectivity index (χ4v) is 2.63. The highest BCUT2D eigenvalue weighted by Crippen LogP contribution is 2.36. The summed E-state index contributed by atoms with van der Waals surface area (Å²) in [7, 11) is 3.37. The topological polar surface area (TPSA) is 75.4 Å². The summed E-state index contributed by atoms with van der Waals surface area (Å²) < 4.78 is 0. The third-order valence-corrected chi connectivity index (χ3v) is 3.95. The first-order chi connectivity index (χ1) is 8.55. The molecule has 5 heteroatoms. The van der Waals surface area contributed by atoms with Gasteiger partial charge < -0.3 is 16.0 Å². The second-order valence-electron chi connectivity index (χ2n) is 5.19. The van der Waals surface area contributed by atoms with E-state index in [1.807, 2.05) is 0 Å². The SMILES string of the molecule is CNC(=O)CCN(C)C(=O)C1(CN)CCCCC1. The number of carbonyl (C=O) groups excluding carboxylic acids is 2. The Morgan fingerprint density at radius 2 is 1.89 bits per heavy atom. The predicted octanol–water partition coefficient (Wildman–Crippen LogP) is 0.490. The zero-order valence-corrected chi connectivity index (χ0v) is 11.5. The van der Waals surface area contributed by atoms with E-state index in [4.69, 9.17) is 5.73 Å². The van der Waals surface area contributed by atoms with E-state index in [1.165, 1.54) is 6.42 Å². The van der Waals surface area contributed by atoms with E-state index in [-0.39, 0.29) is 17.2 Å². The standard InChI is InChI=1S/C13H25N3O2/c1-15-11(17)6-9-16(2)12(18)13(10-14)7-4-3-5-8-13/h3-10,14H2,1-2H3,(H,15,17). The van der Waals surface area contributed by atoms with E-state index in [0.717, 1.165) is 25.7 Å². The third-order valence-electron chi connectivity index (χ3n) is 3.95. The Hall–Kier alpha value is -1.10. The van der Waals surface area contributed by atoms with Crippen molar-refractivity contribution in [3.8, 4) is 0 Å². The summed E-state index contributed by atoms with van der Waals surface area (Å²) in [6.07, 6.45) is 5.45. The molecule has 1 aliphatic carbocycles. The number of nitrogens with one attached hydrogen (secondary N) is 1. The number of nitrogens with two attached hydrogens (primary N) is 1. The van der Waals surface area contributed by atoms with Crippen molar-refractivity contribution in [2.75, 3.05) is 27.2 Å². The van der Waals surface area contributed by atoms with Gasteiger partial charge in [0.2, 0.25) is 11.8 Å². The van der Waals surface area contributed by atoms with Crippen LogP contribution in [0.1, 0.15) is 38.5 Å². The van der Waals surface area contributed by atoms with Crippen LogP contribution < -0.4 is 11.1 Å². The maximum atomic E-state index is 12.5. The lowest BCUT2D eigenvalue weighted by molar-refractivity contribution is -0.142. The van der Waals surface area contributed by atoms with Crippen LogP contribution in [0.5, 0.6) is 0 Å². The smallest absolute Gasteiger partial charge is 0.229 e. The van der Waals surface area contributed by atoms with Crippen molar-refractivity contribution >= 4 is 11.8 Å². The van der Waals surface area contributed by atoms with E-state index in [0.29, 0.717) is 19.5 Å². The number of rotatable bonds is 5. The molecule has 0 heterocycles. The lowest BCUT2D eigenvalue weighted by Gasteiger charge is -2.37. The minimum atomic E-state index is -0.379. The Bertz CT molecular complexity index is 299. The predicted molar refractivity (Wildman–Crippen MR) is 70.9 cm³/mol. The molecule has 0 aromatic carbocycles. The highest BCUT2D eigenvalue weighted by atomic mass is 16.2. The summed E-state index contributed by atoms with van der Waals surface area (Å²) in [5.74, 6) is 0.0636. The van der Waals surface area contributed by atoms with Crippen LogP contribution in [0.15, 0.2) is 0 Å². The summed E-state index contributed by atoms with van der Waals surface area (Å²) in [6, 6.07) is 0. The monoisotopic (exact) mass is 255 g/mol. The van der Waals surface area contributed by atoms with Gasteiger partial charge in [0, 0.05) is 33.6 Å². The van der Waals surface area contributed by atoms with Crippen LogP contribution >= 0.6 is 0 Å². The molecule has 0 saturated heterocycles. The van der Waals surface area contributed by atoms with Crippen molar-refractivity contribution in [3.63, 3.8) is 0 Å². The van der Waals surface area contributed by atoms with Gasteiger partial charge in [-0.15, -0.1) is 0 Å². The normalized spacial score (nSPS) is 18.2. The average molecular weight is 255 g/mol. The zero-order valence-electron chi connectivity index (χ0n) is 11.5. The molecule has 0 aromatic heterocycles. The quantitative estimate of drug-likeness (QED) is 0.750. The second kappa shape index (κ2) is 6.73. The fourth-order valence-electron chi connectivity index (χ4n) is 2.63. The highest BCUT2D eigenvalue weighted by Gasteiger charge is 2.39. The molecule has 5 nitrogen and oxygen atoms in total. The molecule has 1 rings (SSSR count). The summed E-state index contributed by atoms with van der Waals surface area (Å²) in [6.45, 7) is 0.871. The van der Waals surface area contributed by atoms with Gasteiger partial charge in [-0.2, -0.15) is 0 Å². The summed E-state index contributed by atoms with van der Waals surface area (Å²) in [5, 5.41) is 2.56. The van der Waals surface area contributed by atoms with Gasteiger partial charge in [0.05, 0.1) is 5.41 Å². The van der Waals surface area contributed by atoms with E-state index in [1.54, 1.807) is 19.0 Å². The lowest BCUT2D eigenvalue weighted by atomic mass is 9.73. The van der Waals surface area contributed by atoms with Gasteiger partial charge in [-0.25, -0.2) is 0 Å². The zero-order chi connectivity index (χ0) is 13.6. The number of carbonyl (C=O) groups is 2. The van der Waals surface area contributed by atoms with E-state index >= 15 is 0 Å². The lowest BCUT2D eigenvalue weighted by Crippen LogP contribution is -2.48. The van der Waals surface area contributed by atoms with Crippen LogP contribution in [0.3, 0.4) is 0 Å². The number of amides is 2. The van der Waals surface area contributed by atoms with E-state index in [2.05, 4.69) is 5.32 Å². The first-order valence-electron chi connectivity index (χ1n) is 6.72. The van der Waals surface area contributed by atoms with E-state index < -0.39 is 0 Å². The largest absolute Gasteiger partial charge is 0.359 e. The molecule has 1 saturated carbocycles. The minimum Gasteiger partial charge on any atom is -0.359 e. The Morgan fingerprint density at radius 1 is 1.28 bits per heavy atom. The van der Waals surface area contributed by atoms with Crippen molar-refractivity contribution in [1.82, 2.24) is 10.2 Å². The Balaban J connectivity index is 2.57. The minimum absolute atomic E-state index is 0.0416. The van der Waals surface area contributed by atoms with Crippen LogP contribution in [0.2, 0.25) is 0 Å². The van der Waals surface area contributed by atoms with Crippen LogP contribution in [-0.4, -0.2) is 43.9 Å². The maximum Gasteiger partial charge on any atom is 0.229 e. The molecule has 3 N–H and O–H groups in total. The van der Waals surface area contributed by atoms with Gasteiger partial charge in [-0.1, -0.05) is 19.3 Å². The number of nitrogens with zero attached hydrogens (tertiary/aromatic N) is 1. The molecule has 0 unspecified atom stereocenters. The second-order valence-corrected chi connectivity index (χ2v) is 5.19. The first kappa shape index (κ1) is 15.0. The summed E-state index contributed by atoms with van der Waals surface area (Å²) >= 11 is 0. The summed E-state index contributed by atoms with van der Waals surface area (Å²) in [5.41, 5.74) is 5.45. The van der Waals surface area contributed by atoms with Gasteiger partial charge in [0.15, 0.2) is 0 Å². The van der Waals surface area contributed by atoms with Crippen LogP contribution in [-0.2, 0) is 9.59 Å². The van der Waals surface area contributed by atoms with Gasteiger partial charge in [0.25, 0.3) is 0 Å². The molecule has 0 radical (unpaired) electrons. The van der Waals surface area contributed by atoms with E-state index in [9.17, 15) is 9.59 Å². The number of hydrogen-bond donors (Lipinski definition) is 2. The molecule has 0 aliphatic heterocycles. The van der Waals surface area contributed by atoms with Crippen molar-refractivity contribution in [3.05, 3.63) is 0 Å². The van der Waals surface area contributed by atoms with Crippen LogP contribution in [0.4, 0.5) is 0 Å². The van der Waals surface area contributed by atoms with Gasteiger partial charge >= 0.3 is 0 Å². The van der Waals surface area contributed by atoms with Gasteiger partial charge in [-0.3, -0.25) is 9.59 Å². The molecule has 2 amide bonds. The Kier molecular flexibility index (Phi) is 5.59. The van der Waals surface area contributed by atoms with Gasteiger partial charge in [0.1, 0.15) is 0 Å². The average Bonchev–Trinajstić information content (AvgIpc) is 2.44. The van der Waals surface area contributed by atoms with Crippen molar-refractivity contribution < 1.29 is 9.59 Å². The number of hydrogen-bond acceptors (Lipinski definition) is 3. The third kappa shape index (κ3) is 3.45. The van der Waals surface area contributed by atoms with Crippen molar-refractivity contribution in [2.45, 2.75) is 38.5 Å². The molecule has 18 heavy (non-hydrogen) atoms. The highest BCUT2D eigenvalue weighted by molar-refractivity contribution is 5.83. The van der Waals surface area contributed by atoms with Crippen LogP contribution in [0.25, 0.3) is 0 Å². The Labute approximate surface area is 109 Å². The molecular weight excluding hydrogens is 230 g/mol. The molecule has 104 valence electrons. The van der Waals surface area contributed by atoms with Gasteiger partial charge in [-0.05, 0) is 12.8 Å². The summed E-state index contributed by atoms with van der Waals surface area (Å²) in [4.78, 5) is 25.3. The first-order valence-corrected chi connectivity index (χ1v) is 6.72. The van der Waals surface area contributed by atoms with Crippen LogP contribution in [0, 0.1) is 5.41 Å². The van der Waals surface area contributed by atoms with Crippen molar-refractivity contribution in [1.29, 1.82) is 0 Å². The molecule has 1 fully saturated rings.